The third-order valence-electron chi connectivity index (χ3n) is 13.7. The predicted molar refractivity (Wildman–Crippen MR) is 234 cm³/mol. The van der Waals surface area contributed by atoms with Gasteiger partial charge in [0.1, 0.15) is 17.5 Å². The molecule has 1 saturated carbocycles. The lowest BCUT2D eigenvalue weighted by atomic mass is 9.91. The maximum absolute atomic E-state index is 16.4. The number of hydrogen-bond acceptors (Lipinski definition) is 9. The molecule has 2 saturated heterocycles. The van der Waals surface area contributed by atoms with Crippen LogP contribution in [0.3, 0.4) is 0 Å². The summed E-state index contributed by atoms with van der Waals surface area (Å²) in [5.74, 6) is -2.38. The molecule has 1 N–H and O–H groups in total. The molecule has 6 aromatic rings. The number of alkyl halides is 2. The molecule has 13 nitrogen and oxygen atoms in total. The Labute approximate surface area is 361 Å². The zero-order valence-electron chi connectivity index (χ0n) is 35.7. The predicted octanol–water partition coefficient (Wildman–Crippen LogP) is 6.06. The van der Waals surface area contributed by atoms with Crippen LogP contribution in [-0.2, 0) is 43.2 Å². The molecule has 3 aromatic carbocycles. The van der Waals surface area contributed by atoms with E-state index >= 15 is 8.78 Å². The largest absolute Gasteiger partial charge is 0.496 e. The Bertz CT molecular complexity index is 2960. The zero-order valence-corrected chi connectivity index (χ0v) is 35.7. The number of amides is 2. The van der Waals surface area contributed by atoms with E-state index in [1.54, 1.807) is 48.5 Å². The number of benzene rings is 3. The molecular formula is C48H49F2N7O6. The van der Waals surface area contributed by atoms with Gasteiger partial charge in [-0.1, -0.05) is 30.3 Å². The highest BCUT2D eigenvalue weighted by Gasteiger charge is 2.48. The van der Waals surface area contributed by atoms with Crippen molar-refractivity contribution in [3.05, 3.63) is 110 Å². The Morgan fingerprint density at radius 1 is 0.841 bits per heavy atom. The number of imidazole rings is 1. The number of piperidine rings is 2. The number of nitrogens with zero attached hydrogens (tertiary/aromatic N) is 6. The number of aryl methyl sites for hydroxylation is 2. The van der Waals surface area contributed by atoms with E-state index in [0.29, 0.717) is 65.5 Å². The van der Waals surface area contributed by atoms with Gasteiger partial charge in [-0.2, -0.15) is 0 Å². The van der Waals surface area contributed by atoms with Gasteiger partial charge in [0.15, 0.2) is 0 Å². The van der Waals surface area contributed by atoms with E-state index in [1.807, 2.05) is 59.6 Å². The van der Waals surface area contributed by atoms with Crippen molar-refractivity contribution in [3.8, 4) is 33.8 Å². The average molecular weight is 858 g/mol. The first-order chi connectivity index (χ1) is 30.3. The fraction of sp³-hybridized carbons (Fsp3) is 0.396. The fourth-order valence-electron chi connectivity index (χ4n) is 10.2. The van der Waals surface area contributed by atoms with Gasteiger partial charge in [-0.3, -0.25) is 43.6 Å². The summed E-state index contributed by atoms with van der Waals surface area (Å²) in [5, 5.41) is 3.69. The summed E-state index contributed by atoms with van der Waals surface area (Å²) < 4.78 is 49.1. The Morgan fingerprint density at radius 2 is 1.62 bits per heavy atom. The first kappa shape index (κ1) is 40.9. The number of hydrogen-bond donors (Lipinski definition) is 1. The molecule has 0 radical (unpaired) electrons. The number of pyridine rings is 2. The van der Waals surface area contributed by atoms with Crippen LogP contribution < -0.4 is 26.0 Å². The van der Waals surface area contributed by atoms with E-state index in [9.17, 15) is 19.2 Å². The second-order valence-electron chi connectivity index (χ2n) is 17.6. The minimum absolute atomic E-state index is 0.132. The highest BCUT2D eigenvalue weighted by atomic mass is 19.3. The number of imide groups is 1. The average Bonchev–Trinajstić information content (AvgIpc) is 4.10. The monoisotopic (exact) mass is 857 g/mol. The normalized spacial score (nSPS) is 20.5. The first-order valence-corrected chi connectivity index (χ1v) is 21.6. The van der Waals surface area contributed by atoms with E-state index in [2.05, 4.69) is 16.4 Å². The van der Waals surface area contributed by atoms with Gasteiger partial charge in [0.2, 0.25) is 11.8 Å². The van der Waals surface area contributed by atoms with Gasteiger partial charge in [0.25, 0.3) is 11.5 Å². The quantitative estimate of drug-likeness (QED) is 0.173. The number of halogens is 2. The summed E-state index contributed by atoms with van der Waals surface area (Å²) in [4.78, 5) is 59.6. The second kappa shape index (κ2) is 15.6. The Hall–Kier alpha value is -6.19. The molecule has 0 spiro atoms. The van der Waals surface area contributed by atoms with Gasteiger partial charge in [-0.25, -0.2) is 13.6 Å². The summed E-state index contributed by atoms with van der Waals surface area (Å²) >= 11 is 0. The molecule has 1 aliphatic carbocycles. The molecule has 4 aliphatic rings. The number of fused-ring (bicyclic) bond motifs is 3. The Balaban J connectivity index is 0.865. The SMILES string of the molecule is COc1cc(-c2cn(C)c(=O)c3cnc(C4CC4)cc23)cc(OC)c1CN1CC[C@@H](N2CCc3cc(-c4cccc5c4n(C)c(=O)n5[C@H]4CCC(=O)NC4=O)ccc3C2)C(F)(F)C1. The zero-order chi connectivity index (χ0) is 43.9. The van der Waals surface area contributed by atoms with Gasteiger partial charge < -0.3 is 14.0 Å². The van der Waals surface area contributed by atoms with E-state index < -0.39 is 30.5 Å². The molecule has 326 valence electrons. The molecule has 2 amide bonds. The number of ether oxygens (including phenoxy) is 2. The van der Waals surface area contributed by atoms with Crippen molar-refractivity contribution < 1.29 is 27.8 Å². The van der Waals surface area contributed by atoms with Gasteiger partial charge in [0.05, 0.1) is 48.8 Å². The van der Waals surface area contributed by atoms with Crippen LogP contribution in [0.1, 0.15) is 66.4 Å². The lowest BCUT2D eigenvalue weighted by molar-refractivity contribution is -0.135. The Morgan fingerprint density at radius 3 is 2.33 bits per heavy atom. The summed E-state index contributed by atoms with van der Waals surface area (Å²) in [7, 11) is 6.53. The number of aromatic nitrogens is 4. The van der Waals surface area contributed by atoms with E-state index in [-0.39, 0.29) is 43.0 Å². The molecule has 0 unspecified atom stereocenters. The lowest BCUT2D eigenvalue weighted by Crippen LogP contribution is -2.58. The number of methoxy groups -OCH3 is 2. The van der Waals surface area contributed by atoms with Crippen LogP contribution >= 0.6 is 0 Å². The Kier molecular flexibility index (Phi) is 10.1. The third-order valence-corrected chi connectivity index (χ3v) is 13.7. The second-order valence-corrected chi connectivity index (χ2v) is 17.6. The molecule has 3 fully saturated rings. The number of rotatable bonds is 9. The van der Waals surface area contributed by atoms with E-state index in [4.69, 9.17) is 9.47 Å². The van der Waals surface area contributed by atoms with Crippen LogP contribution in [0, 0.1) is 0 Å². The van der Waals surface area contributed by atoms with Crippen molar-refractivity contribution in [2.75, 3.05) is 33.9 Å². The maximum atomic E-state index is 16.4. The van der Waals surface area contributed by atoms with Gasteiger partial charge in [-0.15, -0.1) is 0 Å². The van der Waals surface area contributed by atoms with Crippen LogP contribution in [0.25, 0.3) is 44.1 Å². The molecule has 3 aromatic heterocycles. The topological polar surface area (TPSA) is 133 Å². The lowest BCUT2D eigenvalue weighted by Gasteiger charge is -2.45. The molecule has 63 heavy (non-hydrogen) atoms. The molecule has 2 atom stereocenters. The molecule has 6 heterocycles. The summed E-state index contributed by atoms with van der Waals surface area (Å²) in [6.45, 7) is 1.12. The minimum Gasteiger partial charge on any atom is -0.496 e. The summed E-state index contributed by atoms with van der Waals surface area (Å²) in [6, 6.07) is 15.8. The van der Waals surface area contributed by atoms with Crippen LogP contribution in [0.2, 0.25) is 0 Å². The molecule has 3 aliphatic heterocycles. The summed E-state index contributed by atoms with van der Waals surface area (Å²) in [5.41, 5.74) is 7.87. The van der Waals surface area contributed by atoms with Crippen molar-refractivity contribution in [2.24, 2.45) is 14.1 Å². The number of para-hydroxylation sites is 1. The minimum atomic E-state index is -2.99. The maximum Gasteiger partial charge on any atom is 0.329 e. The fourth-order valence-corrected chi connectivity index (χ4v) is 10.2. The van der Waals surface area contributed by atoms with Gasteiger partial charge in [-0.05, 0) is 84.0 Å². The van der Waals surface area contributed by atoms with Gasteiger partial charge in [0, 0.05) is 81.8 Å². The molecular weight excluding hydrogens is 809 g/mol. The van der Waals surface area contributed by atoms with Crippen molar-refractivity contribution in [2.45, 2.75) is 75.5 Å². The van der Waals surface area contributed by atoms with Gasteiger partial charge >= 0.3 is 5.69 Å². The smallest absolute Gasteiger partial charge is 0.329 e. The van der Waals surface area contributed by atoms with Crippen molar-refractivity contribution >= 4 is 33.6 Å². The standard InChI is InChI=1S/C48H49F2N7O6/c1-53-24-35(33-21-37(27-8-9-27)51-22-34(33)46(53)60)31-19-40(62-3)36(41(20-31)63-4)25-55-16-15-42(48(49,50)26-55)56-17-14-28-18-29(10-11-30(28)23-56)32-6-5-7-38-44(32)54(2)47(61)57(38)39-12-13-43(58)52-45(39)59/h5-7,10-11,18-22,24,27,39,42H,8-9,12-17,23,25-26H2,1-4H3,(H,52,58,59)/t39-,42+/m0/s1. The molecule has 10 rings (SSSR count). The summed E-state index contributed by atoms with van der Waals surface area (Å²) in [6.07, 6.45) is 6.92. The molecule has 0 bridgehead atoms. The highest BCUT2D eigenvalue weighted by Crippen LogP contribution is 2.43. The van der Waals surface area contributed by atoms with Crippen molar-refractivity contribution in [1.29, 1.82) is 0 Å². The van der Waals surface area contributed by atoms with Crippen LogP contribution in [0.4, 0.5) is 8.78 Å². The molecule has 15 heteroatoms. The number of likely N-dealkylation sites (tertiary alicyclic amines) is 1. The highest BCUT2D eigenvalue weighted by molar-refractivity contribution is 6.01. The third kappa shape index (κ3) is 7.11. The first-order valence-electron chi connectivity index (χ1n) is 21.6. The van der Waals surface area contributed by atoms with Crippen LogP contribution in [0.5, 0.6) is 11.5 Å². The van der Waals surface area contributed by atoms with Crippen LogP contribution in [-0.4, -0.2) is 86.1 Å². The van der Waals surface area contributed by atoms with Crippen LogP contribution in [0.15, 0.2) is 76.6 Å². The number of carbonyl (C=O) groups excluding carboxylic acids is 2. The van der Waals surface area contributed by atoms with E-state index in [1.165, 1.54) is 4.57 Å². The van der Waals surface area contributed by atoms with E-state index in [0.717, 1.165) is 57.3 Å². The van der Waals surface area contributed by atoms with Crippen molar-refractivity contribution in [1.82, 2.24) is 33.8 Å². The van der Waals surface area contributed by atoms with Crippen molar-refractivity contribution in [3.63, 3.8) is 0 Å². The number of carbonyl (C=O) groups is 2. The number of nitrogens with one attached hydrogen (secondary N) is 1.